The van der Waals surface area contributed by atoms with Crippen LogP contribution in [-0.4, -0.2) is 111 Å². The summed E-state index contributed by atoms with van der Waals surface area (Å²) in [5, 5.41) is 69.2. The van der Waals surface area contributed by atoms with E-state index in [1.807, 2.05) is 18.7 Å². The number of phenolic OH excluding ortho intramolecular Hbond substituents is 3. The van der Waals surface area contributed by atoms with Crippen molar-refractivity contribution in [3.63, 3.8) is 0 Å². The highest BCUT2D eigenvalue weighted by Gasteiger charge is 2.50. The third-order valence-corrected chi connectivity index (χ3v) is 11.9. The average Bonchev–Trinajstić information content (AvgIpc) is 3.49. The van der Waals surface area contributed by atoms with Gasteiger partial charge in [-0.15, -0.1) is 5.10 Å². The van der Waals surface area contributed by atoms with E-state index in [-0.39, 0.29) is 44.5 Å². The molecule has 2 aromatic carbocycles. The van der Waals surface area contributed by atoms with Crippen LogP contribution in [0.15, 0.2) is 46.3 Å². The summed E-state index contributed by atoms with van der Waals surface area (Å²) in [5.74, 6) is -8.03. The number of methoxy groups -OCH3 is 1. The molecule has 5 bridgehead atoms. The van der Waals surface area contributed by atoms with Gasteiger partial charge in [-0.1, -0.05) is 59.8 Å². The van der Waals surface area contributed by atoms with E-state index < -0.39 is 88.8 Å². The van der Waals surface area contributed by atoms with Gasteiger partial charge in [-0.05, 0) is 39.7 Å². The lowest BCUT2D eigenvalue weighted by Gasteiger charge is -2.38. The summed E-state index contributed by atoms with van der Waals surface area (Å²) >= 11 is 0. The molecule has 0 saturated carbocycles. The number of aliphatic hydroxyl groups is 2. The van der Waals surface area contributed by atoms with E-state index in [1.165, 1.54) is 53.2 Å². The number of anilines is 1. The minimum atomic E-state index is -2.07. The molecule has 16 heteroatoms. The molecule has 5 rings (SSSR count). The van der Waals surface area contributed by atoms with Gasteiger partial charge in [-0.2, -0.15) is 5.10 Å². The fourth-order valence-electron chi connectivity index (χ4n) is 8.08. The summed E-state index contributed by atoms with van der Waals surface area (Å²) in [6.45, 7) is 19.8. The minimum absolute atomic E-state index is 0.0372. The predicted molar refractivity (Wildman–Crippen MR) is 237 cm³/mol. The molecule has 0 aromatic heterocycles. The van der Waals surface area contributed by atoms with Crippen molar-refractivity contribution in [1.82, 2.24) is 4.90 Å². The highest BCUT2D eigenvalue weighted by Crippen LogP contribution is 2.55. The number of amides is 1. The number of rotatable bonds is 8. The van der Waals surface area contributed by atoms with Crippen LogP contribution in [0, 0.1) is 30.6 Å². The van der Waals surface area contributed by atoms with Crippen LogP contribution in [0.5, 0.6) is 23.0 Å². The number of aromatic hydroxyl groups is 3. The maximum Gasteiger partial charge on any atom is 0.312 e. The van der Waals surface area contributed by atoms with Crippen molar-refractivity contribution in [2.24, 2.45) is 33.9 Å². The van der Waals surface area contributed by atoms with Crippen molar-refractivity contribution in [3.8, 4) is 23.0 Å². The highest BCUT2D eigenvalue weighted by molar-refractivity contribution is 6.23. The molecule has 0 fully saturated rings. The average molecular weight is 865 g/mol. The summed E-state index contributed by atoms with van der Waals surface area (Å²) in [7, 11) is 1.43. The first-order chi connectivity index (χ1) is 29.2. The minimum Gasteiger partial charge on any atom is -0.507 e. The Kier molecular flexibility index (Phi) is 16.4. The molecule has 3 heterocycles. The van der Waals surface area contributed by atoms with Crippen molar-refractivity contribution in [2.75, 3.05) is 25.5 Å². The van der Waals surface area contributed by atoms with Crippen LogP contribution in [0.1, 0.15) is 104 Å². The van der Waals surface area contributed by atoms with Gasteiger partial charge in [0.1, 0.15) is 29.2 Å². The van der Waals surface area contributed by atoms with E-state index in [1.54, 1.807) is 46.8 Å². The molecule has 3 aliphatic rings. The zero-order chi connectivity index (χ0) is 46.4. The number of nitrogens with zero attached hydrogens (tertiary/aromatic N) is 3. The highest BCUT2D eigenvalue weighted by atomic mass is 16.7. The number of phenols is 3. The van der Waals surface area contributed by atoms with Gasteiger partial charge in [-0.25, -0.2) is 0 Å². The Balaban J connectivity index is 1.99. The number of ketones is 1. The molecule has 340 valence electrons. The molecule has 1 amide bonds. The molecule has 0 radical (unpaired) electrons. The number of aliphatic hydroxyl groups excluding tert-OH is 2. The monoisotopic (exact) mass is 864 g/mol. The molecular formula is C46H64N4O12. The number of allylic oxidation sites excluding steroid dienone is 2. The number of hydrogen-bond acceptors (Lipinski definition) is 14. The second kappa shape index (κ2) is 20.6. The van der Waals surface area contributed by atoms with Crippen molar-refractivity contribution in [3.05, 3.63) is 52.8 Å². The molecule has 0 spiro atoms. The SMILES string of the molecule is CCCN(CCC)/C(C)=N/N=C/c1c2c(O)c3c(O)c(C)c4c(c3c1O)C(=O)[C@@](C)(O/C=C/[C@H](OC)[C@@H](C)[C@@H](OC(C)=O)[C@H](C)[C@H](O)[C@H](C)[C@@H](O)[C@H](C)/C=C/C=C(/C)C(=O)N2)O4. The number of Topliss-reactive ketones (excluding diaryl/α,β-unsaturated/α-hetero) is 1. The van der Waals surface area contributed by atoms with Crippen LogP contribution in [0.2, 0.25) is 0 Å². The standard InChI is InChI=1S/C46H64N4O12/c1-13-19-50(20-14-2)29(9)49-47-22-31-36-41(56)34-33(40(31)55)35-43(28(8)39(34)54)62-46(11,44(35)57)60-21-18-32(59-12)25(5)42(61-30(10)51)27(7)38(53)26(6)37(52)23(3)16-15-17-24(4)45(58)48-36/h15-18,21-23,25-27,32,37-38,42,52-56H,13-14,19-20H2,1-12H3,(H,48,58)/b16-15+,21-18+,24-17-,47-22+,49-29+/t23-,25-,26-,27-,32+,37+,38-,42-,46+/m1/s1. The number of benzene rings is 2. The van der Waals surface area contributed by atoms with E-state index in [0.29, 0.717) is 5.84 Å². The smallest absolute Gasteiger partial charge is 0.312 e. The largest absolute Gasteiger partial charge is 0.507 e. The molecule has 62 heavy (non-hydrogen) atoms. The van der Waals surface area contributed by atoms with E-state index in [4.69, 9.17) is 18.9 Å². The van der Waals surface area contributed by atoms with Gasteiger partial charge in [0.05, 0.1) is 53.0 Å². The van der Waals surface area contributed by atoms with Crippen molar-refractivity contribution < 1.29 is 58.9 Å². The molecule has 0 aliphatic carbocycles. The van der Waals surface area contributed by atoms with E-state index in [9.17, 15) is 39.9 Å². The Bertz CT molecular complexity index is 2160. The molecule has 16 nitrogen and oxygen atoms in total. The summed E-state index contributed by atoms with van der Waals surface area (Å²) in [5.41, 5.74) is -0.568. The number of carbonyl (C=O) groups excluding carboxylic acids is 3. The number of carbonyl (C=O) groups is 3. The van der Waals surface area contributed by atoms with E-state index in [2.05, 4.69) is 15.5 Å². The number of hydrogen-bond donors (Lipinski definition) is 6. The Labute approximate surface area is 363 Å². The number of esters is 1. The van der Waals surface area contributed by atoms with Crippen LogP contribution in [0.4, 0.5) is 5.69 Å². The lowest BCUT2D eigenvalue weighted by Crippen LogP contribution is -2.46. The van der Waals surface area contributed by atoms with Crippen molar-refractivity contribution >= 4 is 46.2 Å². The van der Waals surface area contributed by atoms with Gasteiger partial charge in [-0.3, -0.25) is 14.4 Å². The van der Waals surface area contributed by atoms with Gasteiger partial charge < -0.3 is 54.7 Å². The Morgan fingerprint density at radius 2 is 1.58 bits per heavy atom. The molecule has 9 atom stereocenters. The fraction of sp³-hybridized carbons (Fsp3) is 0.543. The first-order valence-electron chi connectivity index (χ1n) is 21.1. The molecular weight excluding hydrogens is 801 g/mol. The Hall–Kier alpha value is -5.45. The van der Waals surface area contributed by atoms with Crippen LogP contribution in [0.3, 0.4) is 0 Å². The quantitative estimate of drug-likeness (QED) is 0.0410. The molecule has 2 aromatic rings. The predicted octanol–water partition coefficient (Wildman–Crippen LogP) is 6.63. The number of fused-ring (bicyclic) bond motifs is 14. The maximum atomic E-state index is 14.5. The maximum absolute atomic E-state index is 14.5. The lowest BCUT2D eigenvalue weighted by molar-refractivity contribution is -0.160. The van der Waals surface area contributed by atoms with Gasteiger partial charge in [0.2, 0.25) is 0 Å². The number of ether oxygens (including phenoxy) is 4. The van der Waals surface area contributed by atoms with Gasteiger partial charge in [0, 0.05) is 74.2 Å². The Morgan fingerprint density at radius 3 is 2.18 bits per heavy atom. The zero-order valence-corrected chi connectivity index (χ0v) is 37.8. The van der Waals surface area contributed by atoms with Crippen LogP contribution in [0.25, 0.3) is 10.8 Å². The van der Waals surface area contributed by atoms with Gasteiger partial charge in [0.25, 0.3) is 11.7 Å². The van der Waals surface area contributed by atoms with Crippen LogP contribution in [-0.2, 0) is 23.8 Å². The second-order valence-electron chi connectivity index (χ2n) is 16.5. The van der Waals surface area contributed by atoms with E-state index in [0.717, 1.165) is 32.1 Å². The lowest BCUT2D eigenvalue weighted by atomic mass is 9.78. The zero-order valence-electron chi connectivity index (χ0n) is 37.8. The molecule has 6 N–H and O–H groups in total. The summed E-state index contributed by atoms with van der Waals surface area (Å²) in [6.07, 6.45) is 6.34. The molecule has 0 saturated heterocycles. The van der Waals surface area contributed by atoms with Crippen LogP contribution < -0.4 is 10.1 Å². The van der Waals surface area contributed by atoms with E-state index >= 15 is 0 Å². The third-order valence-electron chi connectivity index (χ3n) is 11.9. The van der Waals surface area contributed by atoms with Gasteiger partial charge >= 0.3 is 11.8 Å². The first-order valence-corrected chi connectivity index (χ1v) is 21.1. The molecule has 3 aliphatic heterocycles. The summed E-state index contributed by atoms with van der Waals surface area (Å²) in [4.78, 5) is 42.7. The topological polar surface area (TPSA) is 229 Å². The van der Waals surface area contributed by atoms with Crippen molar-refractivity contribution in [1.29, 1.82) is 0 Å². The van der Waals surface area contributed by atoms with Crippen LogP contribution >= 0.6 is 0 Å². The Morgan fingerprint density at radius 1 is 0.935 bits per heavy atom. The number of amidine groups is 1. The first kappa shape index (κ1) is 49.2. The summed E-state index contributed by atoms with van der Waals surface area (Å²) in [6, 6.07) is 0. The van der Waals surface area contributed by atoms with Crippen molar-refractivity contribution in [2.45, 2.75) is 119 Å². The third kappa shape index (κ3) is 10.1. The number of nitrogens with one attached hydrogen (secondary N) is 1. The summed E-state index contributed by atoms with van der Waals surface area (Å²) < 4.78 is 23.6. The normalized spacial score (nSPS) is 29.5. The second-order valence-corrected chi connectivity index (χ2v) is 16.5. The fourth-order valence-corrected chi connectivity index (χ4v) is 8.08. The van der Waals surface area contributed by atoms with Gasteiger partial charge in [0.15, 0.2) is 5.75 Å². The molecule has 0 unspecified atom stereocenters.